The summed E-state index contributed by atoms with van der Waals surface area (Å²) < 4.78 is 39.3. The van der Waals surface area contributed by atoms with Crippen LogP contribution >= 0.6 is 11.6 Å². The maximum Gasteiger partial charge on any atom is 0.436 e. The van der Waals surface area contributed by atoms with Crippen molar-refractivity contribution in [2.24, 2.45) is 7.05 Å². The molecule has 0 aliphatic carbocycles. The molecule has 1 amide bonds. The van der Waals surface area contributed by atoms with E-state index in [4.69, 9.17) is 11.6 Å². The Labute approximate surface area is 136 Å². The first-order valence-electron chi connectivity index (χ1n) is 6.91. The molecule has 8 heteroatoms. The van der Waals surface area contributed by atoms with Crippen LogP contribution in [0.25, 0.3) is 0 Å². The second-order valence-electron chi connectivity index (χ2n) is 4.98. The van der Waals surface area contributed by atoms with E-state index < -0.39 is 22.8 Å². The van der Waals surface area contributed by atoms with E-state index in [1.54, 1.807) is 0 Å². The van der Waals surface area contributed by atoms with Gasteiger partial charge in [0.05, 0.1) is 6.04 Å². The van der Waals surface area contributed by atoms with Crippen LogP contribution in [0.2, 0.25) is 5.02 Å². The molecule has 1 heterocycles. The Morgan fingerprint density at radius 2 is 1.96 bits per heavy atom. The molecule has 2 aromatic rings. The van der Waals surface area contributed by atoms with Crippen LogP contribution in [-0.2, 0) is 13.2 Å². The summed E-state index contributed by atoms with van der Waals surface area (Å²) in [5, 5.41) is 5.31. The van der Waals surface area contributed by atoms with E-state index in [1.165, 1.54) is 7.05 Å². The zero-order chi connectivity index (χ0) is 17.2. The van der Waals surface area contributed by atoms with Crippen LogP contribution < -0.4 is 5.32 Å². The lowest BCUT2D eigenvalue weighted by molar-refractivity contribution is -0.141. The predicted molar refractivity (Wildman–Crippen MR) is 80.2 cm³/mol. The summed E-state index contributed by atoms with van der Waals surface area (Å²) in [6.07, 6.45) is -4.13. The number of nitrogens with zero attached hydrogens (tertiary/aromatic N) is 2. The Kier molecular flexibility index (Phi) is 4.99. The van der Waals surface area contributed by atoms with Gasteiger partial charge in [-0.15, -0.1) is 0 Å². The fraction of sp³-hybridized carbons (Fsp3) is 0.333. The normalized spacial score (nSPS) is 13.0. The maximum atomic E-state index is 12.8. The van der Waals surface area contributed by atoms with Crippen molar-refractivity contribution in [3.63, 3.8) is 0 Å². The van der Waals surface area contributed by atoms with Crippen molar-refractivity contribution < 1.29 is 18.0 Å². The monoisotopic (exact) mass is 345 g/mol. The van der Waals surface area contributed by atoms with Crippen LogP contribution in [-0.4, -0.2) is 15.7 Å². The second-order valence-corrected chi connectivity index (χ2v) is 5.36. The largest absolute Gasteiger partial charge is 0.436 e. The third kappa shape index (κ3) is 3.67. The van der Waals surface area contributed by atoms with Crippen LogP contribution in [0.1, 0.15) is 41.1 Å². The molecule has 23 heavy (non-hydrogen) atoms. The molecule has 0 aliphatic heterocycles. The molecule has 0 bridgehead atoms. The van der Waals surface area contributed by atoms with Gasteiger partial charge in [0.2, 0.25) is 0 Å². The zero-order valence-corrected chi connectivity index (χ0v) is 13.2. The Hall–Kier alpha value is -2.02. The summed E-state index contributed by atoms with van der Waals surface area (Å²) in [6, 6.07) is 8.82. The summed E-state index contributed by atoms with van der Waals surface area (Å²) in [6.45, 7) is 1.87. The highest BCUT2D eigenvalue weighted by atomic mass is 35.5. The van der Waals surface area contributed by atoms with Gasteiger partial charge in [0, 0.05) is 7.05 Å². The van der Waals surface area contributed by atoms with Gasteiger partial charge >= 0.3 is 6.18 Å². The molecule has 1 N–H and O–H groups in total. The number of hydrogen-bond acceptors (Lipinski definition) is 2. The molecule has 1 unspecified atom stereocenters. The van der Waals surface area contributed by atoms with Gasteiger partial charge in [-0.1, -0.05) is 48.9 Å². The lowest BCUT2D eigenvalue weighted by atomic mass is 10.0. The number of amides is 1. The van der Waals surface area contributed by atoms with Crippen molar-refractivity contribution >= 4 is 17.5 Å². The fourth-order valence-electron chi connectivity index (χ4n) is 2.26. The topological polar surface area (TPSA) is 46.9 Å². The smallest absolute Gasteiger partial charge is 0.344 e. The zero-order valence-electron chi connectivity index (χ0n) is 12.5. The number of carbonyl (C=O) groups is 1. The fourth-order valence-corrected chi connectivity index (χ4v) is 2.61. The van der Waals surface area contributed by atoms with Crippen molar-refractivity contribution in [3.8, 4) is 0 Å². The van der Waals surface area contributed by atoms with Crippen molar-refractivity contribution in [2.45, 2.75) is 25.6 Å². The molecule has 1 atom stereocenters. The predicted octanol–water partition coefficient (Wildman–Crippen LogP) is 3.97. The number of carbonyl (C=O) groups excluding carboxylic acids is 1. The second kappa shape index (κ2) is 6.62. The molecule has 0 fully saturated rings. The highest BCUT2D eigenvalue weighted by Gasteiger charge is 2.39. The average Bonchev–Trinajstić information content (AvgIpc) is 2.80. The first kappa shape index (κ1) is 17.3. The van der Waals surface area contributed by atoms with Gasteiger partial charge in [-0.2, -0.15) is 18.3 Å². The number of halogens is 4. The van der Waals surface area contributed by atoms with Gasteiger partial charge in [-0.05, 0) is 12.0 Å². The van der Waals surface area contributed by atoms with Crippen LogP contribution in [0.3, 0.4) is 0 Å². The van der Waals surface area contributed by atoms with Crippen LogP contribution in [0, 0.1) is 0 Å². The Morgan fingerprint density at radius 3 is 2.43 bits per heavy atom. The van der Waals surface area contributed by atoms with E-state index in [-0.39, 0.29) is 11.7 Å². The van der Waals surface area contributed by atoms with Crippen molar-refractivity contribution in [1.82, 2.24) is 15.1 Å². The van der Waals surface area contributed by atoms with Crippen LogP contribution in [0.15, 0.2) is 30.3 Å². The van der Waals surface area contributed by atoms with E-state index in [0.717, 1.165) is 10.2 Å². The molecular weight excluding hydrogens is 331 g/mol. The quantitative estimate of drug-likeness (QED) is 0.911. The summed E-state index contributed by atoms with van der Waals surface area (Å²) in [7, 11) is 1.25. The van der Waals surface area contributed by atoms with Crippen molar-refractivity contribution in [3.05, 3.63) is 52.3 Å². The van der Waals surface area contributed by atoms with Crippen molar-refractivity contribution in [1.29, 1.82) is 0 Å². The third-order valence-corrected chi connectivity index (χ3v) is 3.75. The van der Waals surface area contributed by atoms with Gasteiger partial charge in [0.25, 0.3) is 5.91 Å². The summed E-state index contributed by atoms with van der Waals surface area (Å²) in [5.41, 5.74) is -0.717. The number of benzene rings is 1. The van der Waals surface area contributed by atoms with Gasteiger partial charge < -0.3 is 5.32 Å². The van der Waals surface area contributed by atoms with Gasteiger partial charge in [0.15, 0.2) is 5.69 Å². The first-order valence-corrected chi connectivity index (χ1v) is 7.29. The van der Waals surface area contributed by atoms with Crippen LogP contribution in [0.4, 0.5) is 13.2 Å². The van der Waals surface area contributed by atoms with E-state index in [2.05, 4.69) is 10.4 Å². The Morgan fingerprint density at radius 1 is 1.35 bits per heavy atom. The first-order chi connectivity index (χ1) is 10.8. The SMILES string of the molecule is CCC(NC(=O)c1c(Cl)c(C(F)(F)F)nn1C)c1ccccc1. The summed E-state index contributed by atoms with van der Waals surface area (Å²) in [5.74, 6) is -0.698. The van der Waals surface area contributed by atoms with Gasteiger partial charge in [-0.25, -0.2) is 0 Å². The minimum atomic E-state index is -4.71. The molecule has 1 aromatic heterocycles. The lowest BCUT2D eigenvalue weighted by Crippen LogP contribution is -2.30. The number of hydrogen-bond donors (Lipinski definition) is 1. The minimum Gasteiger partial charge on any atom is -0.344 e. The Bertz CT molecular complexity index is 698. The molecule has 0 aliphatic rings. The summed E-state index contributed by atoms with van der Waals surface area (Å²) in [4.78, 5) is 12.3. The highest BCUT2D eigenvalue weighted by molar-refractivity contribution is 6.34. The number of aryl methyl sites for hydroxylation is 1. The Balaban J connectivity index is 2.29. The van der Waals surface area contributed by atoms with Crippen LogP contribution in [0.5, 0.6) is 0 Å². The van der Waals surface area contributed by atoms with Crippen molar-refractivity contribution in [2.75, 3.05) is 0 Å². The standard InChI is InChI=1S/C15H15ClF3N3O/c1-3-10(9-7-5-4-6-8-9)20-14(23)12-11(16)13(15(17,18)19)21-22(12)2/h4-8,10H,3H2,1-2H3,(H,20,23). The van der Waals surface area contributed by atoms with Gasteiger partial charge in [-0.3, -0.25) is 9.48 Å². The molecule has 4 nitrogen and oxygen atoms in total. The molecular formula is C15H15ClF3N3O. The minimum absolute atomic E-state index is 0.312. The molecule has 0 saturated heterocycles. The van der Waals surface area contributed by atoms with E-state index in [9.17, 15) is 18.0 Å². The summed E-state index contributed by atoms with van der Waals surface area (Å²) >= 11 is 5.72. The number of aromatic nitrogens is 2. The molecule has 0 radical (unpaired) electrons. The number of rotatable bonds is 4. The van der Waals surface area contributed by atoms with E-state index in [0.29, 0.717) is 6.42 Å². The molecule has 0 spiro atoms. The lowest BCUT2D eigenvalue weighted by Gasteiger charge is -2.17. The molecule has 0 saturated carbocycles. The maximum absolute atomic E-state index is 12.8. The van der Waals surface area contributed by atoms with E-state index in [1.807, 2.05) is 37.3 Å². The third-order valence-electron chi connectivity index (χ3n) is 3.39. The highest BCUT2D eigenvalue weighted by Crippen LogP contribution is 2.35. The number of nitrogens with one attached hydrogen (secondary N) is 1. The van der Waals surface area contributed by atoms with E-state index >= 15 is 0 Å². The molecule has 1 aromatic carbocycles. The molecule has 2 rings (SSSR count). The van der Waals surface area contributed by atoms with Gasteiger partial charge in [0.1, 0.15) is 10.7 Å². The molecule has 124 valence electrons. The number of alkyl halides is 3. The average molecular weight is 346 g/mol.